The minimum Gasteiger partial charge on any atom is -0.483 e. The summed E-state index contributed by atoms with van der Waals surface area (Å²) < 4.78 is 0. The van der Waals surface area contributed by atoms with E-state index in [0.29, 0.717) is 5.56 Å². The third-order valence-electron chi connectivity index (χ3n) is 5.64. The molecule has 1 aromatic heterocycles. The number of aryl methyl sites for hydroxylation is 1. The van der Waals surface area contributed by atoms with Gasteiger partial charge in [-0.15, -0.1) is 0 Å². The molecule has 4 rings (SSSR count). The van der Waals surface area contributed by atoms with Gasteiger partial charge in [-0.05, 0) is 80.7 Å². The zero-order valence-corrected chi connectivity index (χ0v) is 18.4. The molecular formula is C25H29N3O4. The smallest absolute Gasteiger partial charge is 0.290 e. The predicted molar refractivity (Wildman–Crippen MR) is 126 cm³/mol. The highest BCUT2D eigenvalue weighted by molar-refractivity contribution is 5.95. The fourth-order valence-corrected chi connectivity index (χ4v) is 4.12. The first kappa shape index (κ1) is 23.2. The molecule has 0 bridgehead atoms. The summed E-state index contributed by atoms with van der Waals surface area (Å²) in [5, 5.41) is 11.0. The molecule has 1 fully saturated rings. The second-order valence-electron chi connectivity index (χ2n) is 8.14. The predicted octanol–water partition coefficient (Wildman–Crippen LogP) is 3.42. The van der Waals surface area contributed by atoms with E-state index >= 15 is 0 Å². The number of likely N-dealkylation sites (tertiary alicyclic amines) is 1. The van der Waals surface area contributed by atoms with Gasteiger partial charge in [-0.2, -0.15) is 0 Å². The summed E-state index contributed by atoms with van der Waals surface area (Å²) in [4.78, 5) is 37.8. The van der Waals surface area contributed by atoms with Crippen molar-refractivity contribution in [3.8, 4) is 11.1 Å². The highest BCUT2D eigenvalue weighted by atomic mass is 16.3. The van der Waals surface area contributed by atoms with Crippen molar-refractivity contribution in [1.82, 2.24) is 15.2 Å². The average molecular weight is 436 g/mol. The molecule has 0 spiro atoms. The standard InChI is InChI=1S/C24H27N3O2.CH2O2/c1-16-13-23(28)26-22-10-9-20(14-21(16)22)18-5-7-19(8-6-18)24(29)25-17(2)15-27-11-3-4-12-27;2-1-3/h5-10,13-14,17H,3-4,11-12,15H2,1-2H3,(H,25,29)(H,26,28);1H,(H,2,3). The Labute approximate surface area is 187 Å². The van der Waals surface area contributed by atoms with Gasteiger partial charge >= 0.3 is 0 Å². The van der Waals surface area contributed by atoms with Crippen LogP contribution in [0.5, 0.6) is 0 Å². The largest absolute Gasteiger partial charge is 0.483 e. The molecule has 168 valence electrons. The first-order chi connectivity index (χ1) is 15.4. The number of aromatic amines is 1. The maximum atomic E-state index is 12.6. The van der Waals surface area contributed by atoms with Crippen LogP contribution in [0.2, 0.25) is 0 Å². The molecule has 1 atom stereocenters. The lowest BCUT2D eigenvalue weighted by molar-refractivity contribution is -0.122. The second-order valence-corrected chi connectivity index (χ2v) is 8.14. The topological polar surface area (TPSA) is 103 Å². The first-order valence-electron chi connectivity index (χ1n) is 10.8. The van der Waals surface area contributed by atoms with Crippen molar-refractivity contribution in [1.29, 1.82) is 0 Å². The fraction of sp³-hybridized carbons (Fsp3) is 0.320. The summed E-state index contributed by atoms with van der Waals surface area (Å²) in [6.07, 6.45) is 2.51. The molecule has 0 aliphatic carbocycles. The quantitative estimate of drug-likeness (QED) is 0.533. The molecular weight excluding hydrogens is 406 g/mol. The Morgan fingerprint density at radius 1 is 1.12 bits per heavy atom. The molecule has 1 unspecified atom stereocenters. The van der Waals surface area contributed by atoms with Gasteiger partial charge in [0.25, 0.3) is 12.4 Å². The molecule has 2 aromatic carbocycles. The normalized spacial score (nSPS) is 14.4. The van der Waals surface area contributed by atoms with Gasteiger partial charge < -0.3 is 20.3 Å². The minimum atomic E-state index is -0.250. The van der Waals surface area contributed by atoms with Gasteiger partial charge in [0.1, 0.15) is 0 Å². The summed E-state index contributed by atoms with van der Waals surface area (Å²) in [5.74, 6) is -0.0322. The first-order valence-corrected chi connectivity index (χ1v) is 10.8. The van der Waals surface area contributed by atoms with E-state index in [4.69, 9.17) is 9.90 Å². The maximum Gasteiger partial charge on any atom is 0.290 e. The van der Waals surface area contributed by atoms with Crippen LogP contribution in [-0.4, -0.2) is 53.0 Å². The number of carboxylic acid groups (broad SMARTS) is 1. The highest BCUT2D eigenvalue weighted by Crippen LogP contribution is 2.25. The number of rotatable bonds is 5. The van der Waals surface area contributed by atoms with Crippen LogP contribution >= 0.6 is 0 Å². The van der Waals surface area contributed by atoms with Gasteiger partial charge in [0.15, 0.2) is 0 Å². The molecule has 32 heavy (non-hydrogen) atoms. The number of fused-ring (bicyclic) bond motifs is 1. The van der Waals surface area contributed by atoms with Crippen molar-refractivity contribution in [2.75, 3.05) is 19.6 Å². The molecule has 0 radical (unpaired) electrons. The summed E-state index contributed by atoms with van der Waals surface area (Å²) in [6.45, 7) is 6.93. The molecule has 1 saturated heterocycles. The van der Waals surface area contributed by atoms with E-state index in [0.717, 1.165) is 47.2 Å². The molecule has 7 nitrogen and oxygen atoms in total. The van der Waals surface area contributed by atoms with Crippen LogP contribution in [0.15, 0.2) is 53.3 Å². The Bertz CT molecular complexity index is 1130. The molecule has 7 heteroatoms. The summed E-state index contributed by atoms with van der Waals surface area (Å²) in [7, 11) is 0. The van der Waals surface area contributed by atoms with E-state index in [1.807, 2.05) is 43.3 Å². The number of aromatic nitrogens is 1. The molecule has 3 N–H and O–H groups in total. The second kappa shape index (κ2) is 10.7. The van der Waals surface area contributed by atoms with Gasteiger partial charge in [-0.25, -0.2) is 0 Å². The number of nitrogens with zero attached hydrogens (tertiary/aromatic N) is 1. The lowest BCUT2D eigenvalue weighted by Gasteiger charge is -2.21. The van der Waals surface area contributed by atoms with Crippen molar-refractivity contribution in [3.05, 3.63) is 70.0 Å². The monoisotopic (exact) mass is 435 g/mol. The average Bonchev–Trinajstić information content (AvgIpc) is 3.27. The van der Waals surface area contributed by atoms with Crippen molar-refractivity contribution >= 4 is 23.3 Å². The Kier molecular flexibility index (Phi) is 7.78. The van der Waals surface area contributed by atoms with Crippen molar-refractivity contribution in [2.45, 2.75) is 32.7 Å². The fourth-order valence-electron chi connectivity index (χ4n) is 4.12. The molecule has 1 amide bonds. The highest BCUT2D eigenvalue weighted by Gasteiger charge is 2.16. The van der Waals surface area contributed by atoms with Gasteiger partial charge in [-0.3, -0.25) is 14.4 Å². The molecule has 1 aliphatic rings. The van der Waals surface area contributed by atoms with Gasteiger partial charge in [0, 0.05) is 35.1 Å². The van der Waals surface area contributed by atoms with Crippen LogP contribution in [0.1, 0.15) is 35.7 Å². The van der Waals surface area contributed by atoms with E-state index in [9.17, 15) is 9.59 Å². The van der Waals surface area contributed by atoms with E-state index in [1.54, 1.807) is 6.07 Å². The van der Waals surface area contributed by atoms with E-state index in [-0.39, 0.29) is 24.0 Å². The van der Waals surface area contributed by atoms with Crippen LogP contribution in [0.4, 0.5) is 0 Å². The van der Waals surface area contributed by atoms with Crippen LogP contribution in [0.25, 0.3) is 22.0 Å². The Balaban J connectivity index is 0.000000913. The van der Waals surface area contributed by atoms with Crippen LogP contribution in [0.3, 0.4) is 0 Å². The Morgan fingerprint density at radius 2 is 1.75 bits per heavy atom. The number of benzene rings is 2. The Morgan fingerprint density at radius 3 is 2.41 bits per heavy atom. The lowest BCUT2D eigenvalue weighted by atomic mass is 10.00. The number of hydrogen-bond donors (Lipinski definition) is 3. The number of nitrogens with one attached hydrogen (secondary N) is 2. The van der Waals surface area contributed by atoms with Crippen molar-refractivity contribution < 1.29 is 14.7 Å². The molecule has 2 heterocycles. The Hall–Kier alpha value is -3.45. The van der Waals surface area contributed by atoms with Gasteiger partial charge in [0.05, 0.1) is 0 Å². The van der Waals surface area contributed by atoms with Crippen LogP contribution in [-0.2, 0) is 4.79 Å². The third-order valence-corrected chi connectivity index (χ3v) is 5.64. The van der Waals surface area contributed by atoms with Crippen molar-refractivity contribution in [2.24, 2.45) is 0 Å². The van der Waals surface area contributed by atoms with Crippen LogP contribution in [0, 0.1) is 6.92 Å². The van der Waals surface area contributed by atoms with Gasteiger partial charge in [0.2, 0.25) is 5.56 Å². The zero-order valence-electron chi connectivity index (χ0n) is 18.4. The number of carbonyl (C=O) groups excluding carboxylic acids is 1. The SMILES string of the molecule is Cc1cc(=O)[nH]c2ccc(-c3ccc(C(=O)NC(C)CN4CCCC4)cc3)cc12.O=CO. The zero-order chi connectivity index (χ0) is 23.1. The molecule has 1 aliphatic heterocycles. The summed E-state index contributed by atoms with van der Waals surface area (Å²) >= 11 is 0. The lowest BCUT2D eigenvalue weighted by Crippen LogP contribution is -2.41. The van der Waals surface area contributed by atoms with Crippen LogP contribution < -0.4 is 10.9 Å². The van der Waals surface area contributed by atoms with Crippen molar-refractivity contribution in [3.63, 3.8) is 0 Å². The molecule has 0 saturated carbocycles. The third kappa shape index (κ3) is 5.82. The number of H-pyrrole nitrogens is 1. The number of amides is 1. The minimum absolute atomic E-state index is 0.0322. The van der Waals surface area contributed by atoms with E-state index in [2.05, 4.69) is 28.2 Å². The number of carbonyl (C=O) groups is 2. The molecule has 3 aromatic rings. The summed E-state index contributed by atoms with van der Waals surface area (Å²) in [5.41, 5.74) is 4.47. The maximum absolute atomic E-state index is 12.6. The van der Waals surface area contributed by atoms with Gasteiger partial charge in [-0.1, -0.05) is 18.2 Å². The number of hydrogen-bond acceptors (Lipinski definition) is 4. The summed E-state index contributed by atoms with van der Waals surface area (Å²) in [6, 6.07) is 15.4. The number of pyridine rings is 1. The van der Waals surface area contributed by atoms with E-state index < -0.39 is 0 Å². The van der Waals surface area contributed by atoms with E-state index in [1.165, 1.54) is 12.8 Å².